The topological polar surface area (TPSA) is 105 Å². The molecule has 0 bridgehead atoms. The van der Waals surface area contributed by atoms with E-state index in [4.69, 9.17) is 14.9 Å². The fourth-order valence-electron chi connectivity index (χ4n) is 3.31. The van der Waals surface area contributed by atoms with Crippen molar-refractivity contribution in [2.45, 2.75) is 32.5 Å². The second kappa shape index (κ2) is 12.3. The van der Waals surface area contributed by atoms with Gasteiger partial charge in [0.25, 0.3) is 5.91 Å². The Morgan fingerprint density at radius 2 is 2.23 bits per heavy atom. The number of primary amides is 1. The molecule has 1 fully saturated rings. The molecule has 0 spiro atoms. The maximum Gasteiger partial charge on any atom is 0.284 e. The van der Waals surface area contributed by atoms with Crippen LogP contribution in [0.3, 0.4) is 0 Å². The lowest BCUT2D eigenvalue weighted by atomic mass is 10.1. The highest BCUT2D eigenvalue weighted by Crippen LogP contribution is 2.26. The fourth-order valence-corrected chi connectivity index (χ4v) is 4.17. The molecule has 3 heterocycles. The fraction of sp³-hybridized carbons (Fsp3) is 0.500. The maximum absolute atomic E-state index is 11.2. The van der Waals surface area contributed by atoms with E-state index in [0.29, 0.717) is 18.3 Å². The third-order valence-electron chi connectivity index (χ3n) is 4.69. The van der Waals surface area contributed by atoms with Gasteiger partial charge >= 0.3 is 0 Å². The van der Waals surface area contributed by atoms with Crippen LogP contribution in [0.4, 0.5) is 0 Å². The van der Waals surface area contributed by atoms with E-state index in [0.717, 1.165) is 32.8 Å². The number of nitrogens with zero attached hydrogens (tertiary/aromatic N) is 2. The van der Waals surface area contributed by atoms with Gasteiger partial charge in [-0.2, -0.15) is 0 Å². The van der Waals surface area contributed by atoms with Crippen LogP contribution >= 0.6 is 35.3 Å². The van der Waals surface area contributed by atoms with Gasteiger partial charge < -0.3 is 25.5 Å². The number of hydrogen-bond donors (Lipinski definition) is 3. The number of aliphatic imine (C=N–C) groups is 1. The van der Waals surface area contributed by atoms with Crippen LogP contribution in [0.1, 0.15) is 41.1 Å². The monoisotopic (exact) mass is 547 g/mol. The summed E-state index contributed by atoms with van der Waals surface area (Å²) in [7, 11) is 0. The summed E-state index contributed by atoms with van der Waals surface area (Å²) in [5.41, 5.74) is 5.23. The van der Waals surface area contributed by atoms with Crippen LogP contribution in [-0.2, 0) is 11.3 Å². The number of ether oxygens (including phenoxy) is 1. The Kier molecular flexibility index (Phi) is 10.1. The van der Waals surface area contributed by atoms with Gasteiger partial charge in [-0.15, -0.1) is 35.3 Å². The minimum Gasteiger partial charge on any atom is -0.454 e. The van der Waals surface area contributed by atoms with Gasteiger partial charge in [-0.05, 0) is 37.4 Å². The lowest BCUT2D eigenvalue weighted by Gasteiger charge is -2.37. The first-order chi connectivity index (χ1) is 14.1. The number of halogens is 1. The van der Waals surface area contributed by atoms with E-state index in [-0.39, 0.29) is 41.9 Å². The predicted octanol–water partition coefficient (Wildman–Crippen LogP) is 2.58. The molecule has 1 aliphatic rings. The Balaban J connectivity index is 0.00000320. The van der Waals surface area contributed by atoms with Crippen molar-refractivity contribution in [3.05, 3.63) is 46.0 Å². The van der Waals surface area contributed by atoms with Crippen LogP contribution in [0.25, 0.3) is 0 Å². The Hall–Kier alpha value is -1.63. The van der Waals surface area contributed by atoms with Gasteiger partial charge in [-0.25, -0.2) is 4.99 Å². The van der Waals surface area contributed by atoms with Gasteiger partial charge in [-0.1, -0.05) is 6.07 Å². The van der Waals surface area contributed by atoms with Gasteiger partial charge in [-0.3, -0.25) is 9.69 Å². The molecule has 10 heteroatoms. The van der Waals surface area contributed by atoms with Crippen molar-refractivity contribution >= 4 is 47.2 Å². The van der Waals surface area contributed by atoms with Crippen LogP contribution in [0.5, 0.6) is 0 Å². The molecular formula is C20H30IN5O3S. The van der Waals surface area contributed by atoms with Crippen molar-refractivity contribution in [1.29, 1.82) is 0 Å². The highest BCUT2D eigenvalue weighted by Gasteiger charge is 2.26. The van der Waals surface area contributed by atoms with E-state index < -0.39 is 5.91 Å². The number of morpholine rings is 1. The zero-order valence-electron chi connectivity index (χ0n) is 17.3. The van der Waals surface area contributed by atoms with E-state index in [2.05, 4.69) is 45.0 Å². The molecule has 166 valence electrons. The number of amides is 1. The van der Waals surface area contributed by atoms with Crippen molar-refractivity contribution in [2.24, 2.45) is 10.7 Å². The Bertz CT molecular complexity index is 811. The summed E-state index contributed by atoms with van der Waals surface area (Å²) in [5, 5.41) is 8.82. The van der Waals surface area contributed by atoms with Crippen LogP contribution in [0, 0.1) is 0 Å². The van der Waals surface area contributed by atoms with Crippen LogP contribution in [0.15, 0.2) is 39.1 Å². The van der Waals surface area contributed by atoms with E-state index >= 15 is 0 Å². The summed E-state index contributed by atoms with van der Waals surface area (Å²) in [6.45, 7) is 8.48. The van der Waals surface area contributed by atoms with E-state index in [1.807, 2.05) is 6.92 Å². The Morgan fingerprint density at radius 3 is 2.87 bits per heavy atom. The van der Waals surface area contributed by atoms with Gasteiger partial charge in [0, 0.05) is 31.1 Å². The van der Waals surface area contributed by atoms with Gasteiger partial charge in [0.1, 0.15) is 12.3 Å². The van der Waals surface area contributed by atoms with E-state index in [1.165, 1.54) is 4.88 Å². The molecule has 0 aliphatic carbocycles. The smallest absolute Gasteiger partial charge is 0.284 e. The Morgan fingerprint density at radius 1 is 1.40 bits per heavy atom. The summed E-state index contributed by atoms with van der Waals surface area (Å²) in [6, 6.07) is 7.80. The number of nitrogens with one attached hydrogen (secondary N) is 2. The van der Waals surface area contributed by atoms with Crippen LogP contribution < -0.4 is 16.4 Å². The number of carbonyl (C=O) groups is 1. The number of guanidine groups is 1. The zero-order valence-corrected chi connectivity index (χ0v) is 20.4. The third kappa shape index (κ3) is 6.96. The molecule has 2 atom stereocenters. The standard InChI is InChI=1S/C20H29N5O3S.HI/c1-3-22-20(23-11-15-6-7-17(28-15)19(21)26)24-12-16(18-5-4-10-29-18)25-8-9-27-14(2)13-25;/h4-7,10,14,16H,3,8-9,11-13H2,1-2H3,(H2,21,26)(H2,22,23,24);1H. The molecule has 30 heavy (non-hydrogen) atoms. The van der Waals surface area contributed by atoms with Crippen LogP contribution in [0.2, 0.25) is 0 Å². The molecule has 0 saturated carbocycles. The highest BCUT2D eigenvalue weighted by atomic mass is 127. The van der Waals surface area contributed by atoms with Crippen LogP contribution in [-0.4, -0.2) is 55.7 Å². The Labute approximate surface area is 198 Å². The highest BCUT2D eigenvalue weighted by molar-refractivity contribution is 14.0. The van der Waals surface area contributed by atoms with Gasteiger partial charge in [0.15, 0.2) is 11.7 Å². The number of thiophene rings is 1. The van der Waals surface area contributed by atoms with Crippen molar-refractivity contribution in [1.82, 2.24) is 15.5 Å². The van der Waals surface area contributed by atoms with Crippen molar-refractivity contribution in [3.8, 4) is 0 Å². The molecule has 0 aromatic carbocycles. The maximum atomic E-state index is 11.2. The molecular weight excluding hydrogens is 517 g/mol. The van der Waals surface area contributed by atoms with E-state index in [1.54, 1.807) is 23.5 Å². The number of rotatable bonds is 8. The predicted molar refractivity (Wildman–Crippen MR) is 130 cm³/mol. The molecule has 1 amide bonds. The average Bonchev–Trinajstić information content (AvgIpc) is 3.38. The SMILES string of the molecule is CCNC(=NCc1ccc(C(N)=O)o1)NCC(c1cccs1)N1CCOC(C)C1.I. The van der Waals surface area contributed by atoms with Gasteiger partial charge in [0.2, 0.25) is 0 Å². The minimum absolute atomic E-state index is 0. The minimum atomic E-state index is -0.580. The zero-order chi connectivity index (χ0) is 20.6. The molecule has 2 aromatic rings. The second-order valence-electron chi connectivity index (χ2n) is 6.91. The van der Waals surface area contributed by atoms with Crippen molar-refractivity contribution in [2.75, 3.05) is 32.8 Å². The molecule has 2 unspecified atom stereocenters. The first kappa shape index (κ1) is 24.6. The lowest BCUT2D eigenvalue weighted by molar-refractivity contribution is -0.0334. The molecule has 2 aromatic heterocycles. The molecule has 3 rings (SSSR count). The van der Waals surface area contributed by atoms with Crippen molar-refractivity contribution in [3.63, 3.8) is 0 Å². The summed E-state index contributed by atoms with van der Waals surface area (Å²) in [5.74, 6) is 0.858. The quantitative estimate of drug-likeness (QED) is 0.267. The number of furan rings is 1. The number of hydrogen-bond acceptors (Lipinski definition) is 6. The molecule has 1 aliphatic heterocycles. The number of carbonyl (C=O) groups excluding carboxylic acids is 1. The van der Waals surface area contributed by atoms with Gasteiger partial charge in [0.05, 0.1) is 18.8 Å². The summed E-state index contributed by atoms with van der Waals surface area (Å²) >= 11 is 1.77. The van der Waals surface area contributed by atoms with Crippen molar-refractivity contribution < 1.29 is 13.9 Å². The van der Waals surface area contributed by atoms with E-state index in [9.17, 15) is 4.79 Å². The summed E-state index contributed by atoms with van der Waals surface area (Å²) in [4.78, 5) is 19.5. The largest absolute Gasteiger partial charge is 0.454 e. The molecule has 0 radical (unpaired) electrons. The average molecular weight is 547 g/mol. The first-order valence-electron chi connectivity index (χ1n) is 9.86. The second-order valence-corrected chi connectivity index (χ2v) is 7.89. The first-order valence-corrected chi connectivity index (χ1v) is 10.7. The molecule has 8 nitrogen and oxygen atoms in total. The summed E-state index contributed by atoms with van der Waals surface area (Å²) < 4.78 is 11.1. The summed E-state index contributed by atoms with van der Waals surface area (Å²) in [6.07, 6.45) is 0.228. The molecule has 1 saturated heterocycles. The third-order valence-corrected chi connectivity index (χ3v) is 5.66. The normalized spacial score (nSPS) is 18.5. The molecule has 4 N–H and O–H groups in total. The lowest BCUT2D eigenvalue weighted by Crippen LogP contribution is -2.48. The number of nitrogens with two attached hydrogens (primary N) is 1.